The molecule has 25 heavy (non-hydrogen) atoms. The number of carboxylic acid groups (broad SMARTS) is 2. The van der Waals surface area contributed by atoms with Crippen molar-refractivity contribution >= 4 is 44.9 Å². The van der Waals surface area contributed by atoms with E-state index in [1.807, 2.05) is 10.8 Å². The number of nitrogen functional groups attached to an aromatic ring is 2. The Hall–Kier alpha value is -1.74. The smallest absolute Gasteiger partial charge is 0.549 e. The molecule has 12 N–H and O–H groups in total. The number of hydrogen-bond acceptors (Lipinski definition) is 12. The van der Waals surface area contributed by atoms with Gasteiger partial charge in [-0.15, -0.1) is 22.7 Å². The molecule has 0 atom stereocenters. The molecule has 0 aromatic carbocycles. The molecule has 12 nitrogen and oxygen atoms in total. The molecule has 2 heterocycles. The van der Waals surface area contributed by atoms with Crippen LogP contribution < -0.4 is 33.1 Å². The second kappa shape index (κ2) is 17.1. The summed E-state index contributed by atoms with van der Waals surface area (Å²) in [4.78, 5) is 26.4. The Morgan fingerprint density at radius 2 is 1.12 bits per heavy atom. The zero-order chi connectivity index (χ0) is 17.1. The Morgan fingerprint density at radius 1 is 0.880 bits per heavy atom. The number of rotatable bonds is 3. The van der Waals surface area contributed by atoms with E-state index < -0.39 is 11.9 Å². The first-order chi connectivity index (χ1) is 10.3. The molecular weight excluding hydrogens is 430 g/mol. The Labute approximate surface area is 163 Å². The fourth-order valence-corrected chi connectivity index (χ4v) is 1.92. The minimum absolute atomic E-state index is 0. The van der Waals surface area contributed by atoms with Crippen LogP contribution in [0.25, 0.3) is 11.4 Å². The number of aliphatic carboxylic acids is 2. The number of aromatic nitrogens is 2. The predicted molar refractivity (Wildman–Crippen MR) is 87.4 cm³/mol. The molecule has 138 valence electrons. The maximum atomic E-state index is 9.13. The minimum Gasteiger partial charge on any atom is -0.549 e. The first-order valence-corrected chi connectivity index (χ1v) is 7.28. The molecule has 2 rings (SSSR count). The van der Waals surface area contributed by atoms with E-state index in [2.05, 4.69) is 21.4 Å². The monoisotopic (exact) mass is 446 g/mol. The molecule has 0 bridgehead atoms. The molecule has 0 amide bonds. The van der Waals surface area contributed by atoms with E-state index in [4.69, 9.17) is 31.3 Å². The van der Waals surface area contributed by atoms with E-state index in [1.165, 1.54) is 22.7 Å². The van der Waals surface area contributed by atoms with E-state index in [0.29, 0.717) is 10.3 Å². The number of hydrogen-bond donors (Lipinski definition) is 4. The third kappa shape index (κ3) is 15.5. The van der Waals surface area contributed by atoms with Crippen LogP contribution in [0.15, 0.2) is 10.8 Å². The summed E-state index contributed by atoms with van der Waals surface area (Å²) in [6.07, 6.45) is 0. The molecule has 0 aliphatic rings. The van der Waals surface area contributed by atoms with Gasteiger partial charge in [-0.05, 0) is 0 Å². The summed E-state index contributed by atoms with van der Waals surface area (Å²) in [5, 5.41) is 23.1. The Balaban J connectivity index is -0.000000147. The number of anilines is 2. The van der Waals surface area contributed by atoms with Crippen LogP contribution in [-0.4, -0.2) is 45.9 Å². The van der Waals surface area contributed by atoms with E-state index in [-0.39, 0.29) is 43.5 Å². The molecule has 2 aromatic heterocycles. The Morgan fingerprint density at radius 3 is 1.24 bits per heavy atom. The van der Waals surface area contributed by atoms with Gasteiger partial charge in [0.25, 0.3) is 0 Å². The largest absolute Gasteiger partial charge is 2.00 e. The first kappa shape index (κ1) is 31.1. The summed E-state index contributed by atoms with van der Waals surface area (Å²) in [7, 11) is 0. The minimum atomic E-state index is -1.22. The van der Waals surface area contributed by atoms with Crippen LogP contribution >= 0.6 is 22.7 Å². The molecule has 15 heteroatoms. The maximum absolute atomic E-state index is 9.13. The van der Waals surface area contributed by atoms with Crippen molar-refractivity contribution in [3.8, 4) is 11.4 Å². The number of thiazole rings is 2. The molecular formula is C10H18N6O6S2Zn. The average molecular weight is 448 g/mol. The number of carbonyl (C=O) groups is 2. The van der Waals surface area contributed by atoms with Gasteiger partial charge in [0.1, 0.15) is 11.4 Å². The second-order valence-corrected chi connectivity index (χ2v) is 5.07. The van der Waals surface area contributed by atoms with Crippen molar-refractivity contribution in [3.05, 3.63) is 10.8 Å². The van der Waals surface area contributed by atoms with Crippen LogP contribution in [0.2, 0.25) is 0 Å². The molecule has 0 aliphatic heterocycles. The van der Waals surface area contributed by atoms with E-state index in [0.717, 1.165) is 11.4 Å². The molecule has 0 fully saturated rings. The van der Waals surface area contributed by atoms with Crippen molar-refractivity contribution in [1.29, 1.82) is 0 Å². The topological polar surface area (TPSA) is 273 Å². The summed E-state index contributed by atoms with van der Waals surface area (Å²) in [6, 6.07) is 0. The molecule has 2 aromatic rings. The molecule has 0 radical (unpaired) electrons. The van der Waals surface area contributed by atoms with Crippen LogP contribution in [0.5, 0.6) is 0 Å². The van der Waals surface area contributed by atoms with Crippen LogP contribution in [0.3, 0.4) is 0 Å². The Bertz CT molecular complexity index is 558. The number of nitrogens with two attached hydrogens (primary N) is 4. The summed E-state index contributed by atoms with van der Waals surface area (Å²) in [5.74, 6) is -2.44. The van der Waals surface area contributed by atoms with Gasteiger partial charge in [0.2, 0.25) is 0 Å². The van der Waals surface area contributed by atoms with Gasteiger partial charge in [0, 0.05) is 23.8 Å². The standard InChI is InChI=1S/C6H6N4S2.2C2H5NO2.2H2O.Zn/c7-5-9-3(1-11-5)4-2-12-6(8)10-4;2*3-1-2(4)5;;;/h1-2H,(H2,7,9)(H2,8,10);2*1,3H2,(H,4,5);2*1H2;/q;;;;;+2/p-2. The van der Waals surface area contributed by atoms with Gasteiger partial charge < -0.3 is 53.7 Å². The van der Waals surface area contributed by atoms with E-state index in [9.17, 15) is 0 Å². The summed E-state index contributed by atoms with van der Waals surface area (Å²) >= 11 is 2.80. The zero-order valence-electron chi connectivity index (χ0n) is 12.9. The van der Waals surface area contributed by atoms with Gasteiger partial charge in [-0.2, -0.15) is 0 Å². The molecule has 0 saturated carbocycles. The molecule has 0 saturated heterocycles. The molecule has 0 aliphatic carbocycles. The fourth-order valence-electron chi connectivity index (χ4n) is 0.811. The Kier molecular flexibility index (Phi) is 21.3. The van der Waals surface area contributed by atoms with Crippen molar-refractivity contribution in [2.45, 2.75) is 0 Å². The third-order valence-electron chi connectivity index (χ3n) is 1.64. The van der Waals surface area contributed by atoms with Crippen molar-refractivity contribution < 1.29 is 50.2 Å². The fraction of sp³-hybridized carbons (Fsp3) is 0.200. The van der Waals surface area contributed by atoms with Crippen molar-refractivity contribution in [2.75, 3.05) is 24.6 Å². The van der Waals surface area contributed by atoms with Crippen molar-refractivity contribution in [1.82, 2.24) is 9.97 Å². The first-order valence-electron chi connectivity index (χ1n) is 5.52. The van der Waals surface area contributed by atoms with Gasteiger partial charge in [0.05, 0.1) is 11.9 Å². The average Bonchev–Trinajstić information content (AvgIpc) is 3.08. The summed E-state index contributed by atoms with van der Waals surface area (Å²) in [6.45, 7) is -0.778. The van der Waals surface area contributed by atoms with Crippen molar-refractivity contribution in [3.63, 3.8) is 0 Å². The number of carboxylic acids is 2. The van der Waals surface area contributed by atoms with Crippen LogP contribution in [0.1, 0.15) is 0 Å². The van der Waals surface area contributed by atoms with Gasteiger partial charge in [-0.3, -0.25) is 0 Å². The van der Waals surface area contributed by atoms with Crippen LogP contribution in [0.4, 0.5) is 10.3 Å². The second-order valence-electron chi connectivity index (χ2n) is 3.29. The summed E-state index contributed by atoms with van der Waals surface area (Å²) < 4.78 is 0. The van der Waals surface area contributed by atoms with Crippen LogP contribution in [0, 0.1) is 0 Å². The quantitative estimate of drug-likeness (QED) is 0.325. The van der Waals surface area contributed by atoms with E-state index in [1.54, 1.807) is 0 Å². The van der Waals surface area contributed by atoms with Gasteiger partial charge in [-0.1, -0.05) is 0 Å². The molecule has 0 spiro atoms. The van der Waals surface area contributed by atoms with Crippen molar-refractivity contribution in [2.24, 2.45) is 11.5 Å². The normalized spacial score (nSPS) is 7.92. The maximum Gasteiger partial charge on any atom is 2.00 e. The summed E-state index contributed by atoms with van der Waals surface area (Å²) in [5.41, 5.74) is 21.6. The predicted octanol–water partition coefficient (Wildman–Crippen LogP) is -4.83. The van der Waals surface area contributed by atoms with E-state index >= 15 is 0 Å². The third-order valence-corrected chi connectivity index (χ3v) is 2.99. The molecule has 0 unspecified atom stereocenters. The van der Waals surface area contributed by atoms with Gasteiger partial charge >= 0.3 is 19.5 Å². The number of carbonyl (C=O) groups excluding carboxylic acids is 2. The zero-order valence-corrected chi connectivity index (χ0v) is 17.5. The van der Waals surface area contributed by atoms with Gasteiger partial charge in [-0.25, -0.2) is 9.97 Å². The van der Waals surface area contributed by atoms with Gasteiger partial charge in [0.15, 0.2) is 10.3 Å². The number of nitrogens with zero attached hydrogens (tertiary/aromatic N) is 2. The SMILES string of the molecule is NCC(=O)[O-].NCC(=O)[O-].Nc1nc(-c2csc(N)n2)cs1.O.O.[Zn+2]. The van der Waals surface area contributed by atoms with Crippen LogP contribution in [-0.2, 0) is 29.1 Å².